The second-order valence-electron chi connectivity index (χ2n) is 10.3. The molecule has 0 atom stereocenters. The van der Waals surface area contributed by atoms with Gasteiger partial charge in [-0.1, -0.05) is 121 Å². The highest BCUT2D eigenvalue weighted by atomic mass is 16.3. The van der Waals surface area contributed by atoms with E-state index in [1.165, 1.54) is 5.39 Å². The molecule has 2 heteroatoms. The molecule has 0 spiro atoms. The van der Waals surface area contributed by atoms with E-state index >= 15 is 0 Å². The van der Waals surface area contributed by atoms with Crippen LogP contribution >= 0.6 is 0 Å². The molecule has 0 radical (unpaired) electrons. The average molecular weight is 513 g/mol. The van der Waals surface area contributed by atoms with Crippen LogP contribution in [0.3, 0.4) is 0 Å². The van der Waals surface area contributed by atoms with Crippen LogP contribution in [0.5, 0.6) is 11.5 Å². The van der Waals surface area contributed by atoms with Crippen LogP contribution in [-0.2, 0) is 0 Å². The molecule has 0 aliphatic carbocycles. The van der Waals surface area contributed by atoms with E-state index in [0.29, 0.717) is 0 Å². The lowest BCUT2D eigenvalue weighted by molar-refractivity contribution is 0.477. The number of phenolic OH excluding ortho intramolecular Hbond substituents is 2. The Kier molecular flexibility index (Phi) is 4.86. The SMILES string of the molecule is Oc1ccccc1-c1c2ccccc2c(-c2c(O)ccc3c4ccccc4c4ccccc4c23)c2ccccc12. The van der Waals surface area contributed by atoms with Gasteiger partial charge in [0.1, 0.15) is 11.5 Å². The minimum atomic E-state index is 0.246. The van der Waals surface area contributed by atoms with E-state index in [2.05, 4.69) is 72.8 Å². The van der Waals surface area contributed by atoms with E-state index in [1.807, 2.05) is 54.6 Å². The second-order valence-corrected chi connectivity index (χ2v) is 10.3. The molecule has 0 unspecified atom stereocenters. The quantitative estimate of drug-likeness (QED) is 0.179. The number of benzene rings is 8. The molecule has 0 fully saturated rings. The molecular formula is C38H24O2. The molecule has 0 aliphatic rings. The predicted octanol–water partition coefficient (Wildman–Crippen LogP) is 10.2. The Bertz CT molecular complexity index is 2200. The summed E-state index contributed by atoms with van der Waals surface area (Å²) in [6, 6.07) is 45.0. The standard InChI is InChI=1S/C38H24O2/c39-33-20-10-9-19-32(33)35-27-15-5-7-17-29(27)37(30-18-8-6-16-28(30)35)38-34(40)22-21-31-25-13-2-1-11-23(25)24-12-3-4-14-26(24)36(31)38/h1-22,39-40H. The van der Waals surface area contributed by atoms with E-state index in [1.54, 1.807) is 6.07 Å². The molecule has 8 aromatic carbocycles. The summed E-state index contributed by atoms with van der Waals surface area (Å²) < 4.78 is 0. The number of fused-ring (bicyclic) bond motifs is 8. The van der Waals surface area contributed by atoms with Crippen LogP contribution in [-0.4, -0.2) is 10.2 Å². The van der Waals surface area contributed by atoms with Crippen molar-refractivity contribution in [1.29, 1.82) is 0 Å². The molecular weight excluding hydrogens is 488 g/mol. The smallest absolute Gasteiger partial charge is 0.124 e. The molecule has 8 rings (SSSR count). The lowest BCUT2D eigenvalue weighted by Crippen LogP contribution is -1.93. The number of rotatable bonds is 2. The molecule has 0 saturated carbocycles. The van der Waals surface area contributed by atoms with Crippen molar-refractivity contribution in [3.63, 3.8) is 0 Å². The Morgan fingerprint density at radius 1 is 0.275 bits per heavy atom. The first-order valence-electron chi connectivity index (χ1n) is 13.5. The van der Waals surface area contributed by atoms with Gasteiger partial charge in [-0.15, -0.1) is 0 Å². The van der Waals surface area contributed by atoms with Crippen molar-refractivity contribution in [1.82, 2.24) is 0 Å². The first-order chi connectivity index (χ1) is 19.7. The third-order valence-electron chi connectivity index (χ3n) is 8.24. The third kappa shape index (κ3) is 3.11. The van der Waals surface area contributed by atoms with Crippen LogP contribution < -0.4 is 0 Å². The van der Waals surface area contributed by atoms with Crippen molar-refractivity contribution in [3.8, 4) is 33.8 Å². The van der Waals surface area contributed by atoms with Crippen LogP contribution in [0, 0.1) is 0 Å². The zero-order valence-electron chi connectivity index (χ0n) is 21.6. The van der Waals surface area contributed by atoms with E-state index in [4.69, 9.17) is 0 Å². The van der Waals surface area contributed by atoms with E-state index < -0.39 is 0 Å². The number of hydrogen-bond donors (Lipinski definition) is 2. The highest BCUT2D eigenvalue weighted by Crippen LogP contribution is 2.51. The summed E-state index contributed by atoms with van der Waals surface area (Å²) >= 11 is 0. The van der Waals surface area contributed by atoms with Crippen molar-refractivity contribution in [2.24, 2.45) is 0 Å². The maximum absolute atomic E-state index is 11.7. The van der Waals surface area contributed by atoms with Crippen molar-refractivity contribution in [3.05, 3.63) is 133 Å². The van der Waals surface area contributed by atoms with Crippen LogP contribution in [0.4, 0.5) is 0 Å². The highest BCUT2D eigenvalue weighted by molar-refractivity contribution is 6.32. The maximum Gasteiger partial charge on any atom is 0.124 e. The van der Waals surface area contributed by atoms with Crippen LogP contribution in [0.1, 0.15) is 0 Å². The second kappa shape index (κ2) is 8.59. The summed E-state index contributed by atoms with van der Waals surface area (Å²) in [5.41, 5.74) is 3.60. The Morgan fingerprint density at radius 3 is 1.23 bits per heavy atom. The minimum Gasteiger partial charge on any atom is -0.507 e. The maximum atomic E-state index is 11.7. The number of aromatic hydroxyl groups is 2. The molecule has 0 bridgehead atoms. The molecule has 2 N–H and O–H groups in total. The molecule has 0 saturated heterocycles. The fourth-order valence-corrected chi connectivity index (χ4v) is 6.61. The highest BCUT2D eigenvalue weighted by Gasteiger charge is 2.22. The van der Waals surface area contributed by atoms with Crippen LogP contribution in [0.25, 0.3) is 76.1 Å². The van der Waals surface area contributed by atoms with Gasteiger partial charge in [-0.3, -0.25) is 0 Å². The topological polar surface area (TPSA) is 40.5 Å². The Balaban J connectivity index is 1.65. The predicted molar refractivity (Wildman–Crippen MR) is 168 cm³/mol. The minimum absolute atomic E-state index is 0.246. The van der Waals surface area contributed by atoms with Gasteiger partial charge in [-0.05, 0) is 60.6 Å². The number of phenols is 2. The van der Waals surface area contributed by atoms with Crippen LogP contribution in [0.15, 0.2) is 133 Å². The lowest BCUT2D eigenvalue weighted by atomic mass is 9.82. The first kappa shape index (κ1) is 22.6. The monoisotopic (exact) mass is 512 g/mol. The zero-order valence-corrected chi connectivity index (χ0v) is 21.6. The summed E-state index contributed by atoms with van der Waals surface area (Å²) in [5, 5.41) is 33.5. The van der Waals surface area contributed by atoms with Gasteiger partial charge in [0.05, 0.1) is 0 Å². The van der Waals surface area contributed by atoms with Crippen LogP contribution in [0.2, 0.25) is 0 Å². The summed E-state index contributed by atoms with van der Waals surface area (Å²) in [7, 11) is 0. The largest absolute Gasteiger partial charge is 0.507 e. The normalized spacial score (nSPS) is 11.7. The van der Waals surface area contributed by atoms with Crippen molar-refractivity contribution < 1.29 is 10.2 Å². The molecule has 0 amide bonds. The van der Waals surface area contributed by atoms with Gasteiger partial charge in [-0.25, -0.2) is 0 Å². The van der Waals surface area contributed by atoms with Gasteiger partial charge in [0.15, 0.2) is 0 Å². The molecule has 8 aromatic rings. The van der Waals surface area contributed by atoms with Gasteiger partial charge >= 0.3 is 0 Å². The molecule has 0 aromatic heterocycles. The number of hydrogen-bond acceptors (Lipinski definition) is 2. The summed E-state index contributed by atoms with van der Waals surface area (Å²) in [6.07, 6.45) is 0. The van der Waals surface area contributed by atoms with Gasteiger partial charge in [0, 0.05) is 27.6 Å². The summed E-state index contributed by atoms with van der Waals surface area (Å²) in [6.45, 7) is 0. The molecule has 0 heterocycles. The van der Waals surface area contributed by atoms with Crippen molar-refractivity contribution in [2.75, 3.05) is 0 Å². The molecule has 2 nitrogen and oxygen atoms in total. The van der Waals surface area contributed by atoms with E-state index in [0.717, 1.165) is 70.7 Å². The van der Waals surface area contributed by atoms with Gasteiger partial charge in [0.2, 0.25) is 0 Å². The first-order valence-corrected chi connectivity index (χ1v) is 13.5. The van der Waals surface area contributed by atoms with Gasteiger partial charge < -0.3 is 10.2 Å². The summed E-state index contributed by atoms with van der Waals surface area (Å²) in [5.74, 6) is 0.495. The van der Waals surface area contributed by atoms with Crippen molar-refractivity contribution >= 4 is 53.9 Å². The Morgan fingerprint density at radius 2 is 0.675 bits per heavy atom. The Hall–Kier alpha value is -5.34. The molecule has 40 heavy (non-hydrogen) atoms. The number of para-hydroxylation sites is 1. The van der Waals surface area contributed by atoms with Gasteiger partial charge in [0.25, 0.3) is 0 Å². The molecule has 0 aliphatic heterocycles. The Labute approximate surface area is 231 Å². The fraction of sp³-hybridized carbons (Fsp3) is 0. The average Bonchev–Trinajstić information content (AvgIpc) is 3.01. The van der Waals surface area contributed by atoms with Gasteiger partial charge in [-0.2, -0.15) is 0 Å². The lowest BCUT2D eigenvalue weighted by Gasteiger charge is -2.21. The van der Waals surface area contributed by atoms with E-state index in [-0.39, 0.29) is 11.5 Å². The summed E-state index contributed by atoms with van der Waals surface area (Å²) in [4.78, 5) is 0. The third-order valence-corrected chi connectivity index (χ3v) is 8.24. The molecule has 188 valence electrons. The zero-order chi connectivity index (χ0) is 26.8. The van der Waals surface area contributed by atoms with Crippen molar-refractivity contribution in [2.45, 2.75) is 0 Å². The fourth-order valence-electron chi connectivity index (χ4n) is 6.61. The van der Waals surface area contributed by atoms with E-state index in [9.17, 15) is 10.2 Å².